The fraction of sp³-hybridized carbons (Fsp3) is 0.211. The number of rotatable bonds is 7. The zero-order valence-electron chi connectivity index (χ0n) is 14.6. The summed E-state index contributed by atoms with van der Waals surface area (Å²) in [6.07, 6.45) is -1.29. The Morgan fingerprint density at radius 1 is 1.07 bits per heavy atom. The zero-order valence-corrected chi connectivity index (χ0v) is 15.4. The van der Waals surface area contributed by atoms with Crippen LogP contribution in [0.4, 0.5) is 14.5 Å². The van der Waals surface area contributed by atoms with E-state index in [1.807, 2.05) is 0 Å². The van der Waals surface area contributed by atoms with Gasteiger partial charge in [-0.1, -0.05) is 18.2 Å². The molecule has 1 N–H and O–H groups in total. The maximum absolute atomic E-state index is 13.6. The number of carbonyl (C=O) groups is 3. The van der Waals surface area contributed by atoms with Crippen LogP contribution < -0.4 is 5.32 Å². The van der Waals surface area contributed by atoms with Crippen LogP contribution in [0.2, 0.25) is 0 Å². The molecular formula is C19H17F2NO4S. The van der Waals surface area contributed by atoms with E-state index in [-0.39, 0.29) is 17.1 Å². The maximum Gasteiger partial charge on any atom is 0.340 e. The van der Waals surface area contributed by atoms with Gasteiger partial charge >= 0.3 is 5.97 Å². The van der Waals surface area contributed by atoms with E-state index >= 15 is 0 Å². The normalized spacial score (nSPS) is 11.6. The molecule has 0 unspecified atom stereocenters. The van der Waals surface area contributed by atoms with Crippen LogP contribution in [0, 0.1) is 11.6 Å². The standard InChI is InChI=1S/C19H17F2NO4S/c1-11(23)10-27-16-9-4-3-6-13(16)19(25)26-12(2)18(24)22-17-14(20)7-5-8-15(17)21/h3-9,12H,10H2,1-2H3,(H,22,24)/t12-/m1/s1. The molecule has 0 saturated heterocycles. The molecule has 0 bridgehead atoms. The molecule has 2 rings (SSSR count). The Bertz CT molecular complexity index is 852. The van der Waals surface area contributed by atoms with Gasteiger partial charge in [0.05, 0.1) is 11.3 Å². The van der Waals surface area contributed by atoms with Gasteiger partial charge in [0.15, 0.2) is 6.10 Å². The van der Waals surface area contributed by atoms with E-state index in [2.05, 4.69) is 5.32 Å². The van der Waals surface area contributed by atoms with Crippen LogP contribution in [-0.2, 0) is 14.3 Å². The average molecular weight is 393 g/mol. The summed E-state index contributed by atoms with van der Waals surface area (Å²) in [6.45, 7) is 2.72. The predicted molar refractivity (Wildman–Crippen MR) is 97.7 cm³/mol. The van der Waals surface area contributed by atoms with Gasteiger partial charge in [0.25, 0.3) is 5.91 Å². The molecule has 0 radical (unpaired) electrons. The highest BCUT2D eigenvalue weighted by atomic mass is 32.2. The van der Waals surface area contributed by atoms with Crippen LogP contribution in [0.15, 0.2) is 47.4 Å². The molecule has 2 aromatic rings. The molecule has 0 aromatic heterocycles. The van der Waals surface area contributed by atoms with Crippen LogP contribution in [-0.4, -0.2) is 29.5 Å². The second-order valence-corrected chi connectivity index (χ2v) is 6.64. The number of para-hydroxylation sites is 1. The lowest BCUT2D eigenvalue weighted by atomic mass is 10.2. The summed E-state index contributed by atoms with van der Waals surface area (Å²) in [6, 6.07) is 9.65. The van der Waals surface area contributed by atoms with Crippen molar-refractivity contribution in [2.45, 2.75) is 24.8 Å². The van der Waals surface area contributed by atoms with Crippen molar-refractivity contribution in [2.75, 3.05) is 11.1 Å². The average Bonchev–Trinajstić information content (AvgIpc) is 2.63. The molecule has 1 amide bonds. The number of carbonyl (C=O) groups excluding carboxylic acids is 3. The maximum atomic E-state index is 13.6. The summed E-state index contributed by atoms with van der Waals surface area (Å²) in [5.41, 5.74) is -0.414. The fourth-order valence-electron chi connectivity index (χ4n) is 2.06. The summed E-state index contributed by atoms with van der Waals surface area (Å²) in [7, 11) is 0. The smallest absolute Gasteiger partial charge is 0.340 e. The minimum Gasteiger partial charge on any atom is -0.449 e. The Morgan fingerprint density at radius 2 is 1.70 bits per heavy atom. The zero-order chi connectivity index (χ0) is 20.0. The number of halogens is 2. The highest BCUT2D eigenvalue weighted by Crippen LogP contribution is 2.24. The lowest BCUT2D eigenvalue weighted by molar-refractivity contribution is -0.123. The van der Waals surface area contributed by atoms with Crippen LogP contribution >= 0.6 is 11.8 Å². The second-order valence-electron chi connectivity index (χ2n) is 5.62. The third-order valence-corrected chi connectivity index (χ3v) is 4.62. The number of nitrogens with one attached hydrogen (secondary N) is 1. The van der Waals surface area contributed by atoms with Crippen molar-refractivity contribution >= 4 is 35.1 Å². The fourth-order valence-corrected chi connectivity index (χ4v) is 2.90. The molecule has 0 aliphatic heterocycles. The number of Topliss-reactive ketones (excluding diaryl/α,β-unsaturated/α-hetero) is 1. The molecule has 0 aliphatic carbocycles. The van der Waals surface area contributed by atoms with Gasteiger partial charge in [-0.3, -0.25) is 9.59 Å². The first-order valence-corrected chi connectivity index (χ1v) is 8.95. The van der Waals surface area contributed by atoms with Crippen molar-refractivity contribution in [2.24, 2.45) is 0 Å². The number of thioether (sulfide) groups is 1. The minimum atomic E-state index is -1.29. The van der Waals surface area contributed by atoms with Gasteiger partial charge in [0.1, 0.15) is 23.1 Å². The van der Waals surface area contributed by atoms with Crippen molar-refractivity contribution in [3.8, 4) is 0 Å². The van der Waals surface area contributed by atoms with E-state index < -0.39 is 35.3 Å². The lowest BCUT2D eigenvalue weighted by Crippen LogP contribution is -2.30. The molecule has 8 heteroatoms. The molecule has 0 heterocycles. The molecule has 142 valence electrons. The van der Waals surface area contributed by atoms with Gasteiger partial charge < -0.3 is 10.1 Å². The van der Waals surface area contributed by atoms with E-state index in [1.165, 1.54) is 37.7 Å². The van der Waals surface area contributed by atoms with Gasteiger partial charge in [-0.05, 0) is 38.1 Å². The number of ether oxygens (including phenoxy) is 1. The Labute approximate surface area is 159 Å². The van der Waals surface area contributed by atoms with Gasteiger partial charge in [-0.15, -0.1) is 11.8 Å². The predicted octanol–water partition coefficient (Wildman–Crippen LogP) is 3.83. The number of amides is 1. The van der Waals surface area contributed by atoms with Crippen LogP contribution in [0.3, 0.4) is 0 Å². The largest absolute Gasteiger partial charge is 0.449 e. The van der Waals surface area contributed by atoms with Crippen LogP contribution in [0.25, 0.3) is 0 Å². The lowest BCUT2D eigenvalue weighted by Gasteiger charge is -2.15. The molecule has 5 nitrogen and oxygen atoms in total. The van der Waals surface area contributed by atoms with Crippen molar-refractivity contribution in [1.82, 2.24) is 0 Å². The molecule has 0 fully saturated rings. The Morgan fingerprint density at radius 3 is 2.33 bits per heavy atom. The molecular weight excluding hydrogens is 376 g/mol. The third-order valence-electron chi connectivity index (χ3n) is 3.40. The SMILES string of the molecule is CC(=O)CSc1ccccc1C(=O)O[C@H](C)C(=O)Nc1c(F)cccc1F. The van der Waals surface area contributed by atoms with E-state index in [0.717, 1.165) is 12.1 Å². The van der Waals surface area contributed by atoms with Gasteiger partial charge in [0, 0.05) is 4.90 Å². The van der Waals surface area contributed by atoms with Crippen LogP contribution in [0.1, 0.15) is 24.2 Å². The van der Waals surface area contributed by atoms with Gasteiger partial charge in [-0.2, -0.15) is 0 Å². The number of ketones is 1. The second kappa shape index (κ2) is 9.27. The van der Waals surface area contributed by atoms with E-state index in [9.17, 15) is 23.2 Å². The number of esters is 1. The molecule has 0 spiro atoms. The first-order valence-electron chi connectivity index (χ1n) is 7.96. The Balaban J connectivity index is 2.07. The summed E-state index contributed by atoms with van der Waals surface area (Å²) >= 11 is 1.18. The monoisotopic (exact) mass is 393 g/mol. The number of benzene rings is 2. The molecule has 0 saturated carbocycles. The summed E-state index contributed by atoms with van der Waals surface area (Å²) in [5.74, 6) is -3.39. The molecule has 1 atom stereocenters. The molecule has 27 heavy (non-hydrogen) atoms. The summed E-state index contributed by atoms with van der Waals surface area (Å²) in [5, 5.41) is 2.07. The van der Waals surface area contributed by atoms with Crippen LogP contribution in [0.5, 0.6) is 0 Å². The number of hydrogen-bond donors (Lipinski definition) is 1. The minimum absolute atomic E-state index is 0.0529. The quantitative estimate of drug-likeness (QED) is 0.572. The highest BCUT2D eigenvalue weighted by molar-refractivity contribution is 8.00. The first kappa shape index (κ1) is 20.6. The Hall–Kier alpha value is -2.74. The highest BCUT2D eigenvalue weighted by Gasteiger charge is 2.23. The molecule has 2 aromatic carbocycles. The summed E-state index contributed by atoms with van der Waals surface area (Å²) in [4.78, 5) is 36.2. The van der Waals surface area contributed by atoms with Gasteiger partial charge in [0.2, 0.25) is 0 Å². The van der Waals surface area contributed by atoms with Crippen molar-refractivity contribution in [1.29, 1.82) is 0 Å². The van der Waals surface area contributed by atoms with Crippen molar-refractivity contribution in [3.05, 3.63) is 59.7 Å². The van der Waals surface area contributed by atoms with Crippen molar-refractivity contribution < 1.29 is 27.9 Å². The van der Waals surface area contributed by atoms with E-state index in [1.54, 1.807) is 18.2 Å². The van der Waals surface area contributed by atoms with E-state index in [4.69, 9.17) is 4.74 Å². The number of anilines is 1. The van der Waals surface area contributed by atoms with E-state index in [0.29, 0.717) is 4.90 Å². The summed E-state index contributed by atoms with van der Waals surface area (Å²) < 4.78 is 32.3. The van der Waals surface area contributed by atoms with Crippen molar-refractivity contribution in [3.63, 3.8) is 0 Å². The van der Waals surface area contributed by atoms with Gasteiger partial charge in [-0.25, -0.2) is 13.6 Å². The first-order chi connectivity index (χ1) is 12.8. The third kappa shape index (κ3) is 5.62. The topological polar surface area (TPSA) is 72.5 Å². The Kier molecular flexibility index (Phi) is 7.06. The molecule has 0 aliphatic rings. The number of hydrogen-bond acceptors (Lipinski definition) is 5.